The molecule has 1 aliphatic heterocycles. The van der Waals surface area contributed by atoms with Gasteiger partial charge >= 0.3 is 0 Å². The van der Waals surface area contributed by atoms with Gasteiger partial charge in [-0.2, -0.15) is 0 Å². The van der Waals surface area contributed by atoms with Gasteiger partial charge in [0.25, 0.3) is 0 Å². The highest BCUT2D eigenvalue weighted by Crippen LogP contribution is 2.24. The Morgan fingerprint density at radius 2 is 1.68 bits per heavy atom. The van der Waals surface area contributed by atoms with Gasteiger partial charge in [-0.3, -0.25) is 9.89 Å². The molecule has 0 saturated carbocycles. The van der Waals surface area contributed by atoms with E-state index >= 15 is 0 Å². The number of aliphatic imine (C=N–C) groups is 2. The Kier molecular flexibility index (Phi) is 25.4. The molecule has 0 spiro atoms. The minimum Gasteiger partial charge on any atom is -0.460 e. The quantitative estimate of drug-likeness (QED) is 0.221. The molecule has 2 rings (SSSR count). The highest BCUT2D eigenvalue weighted by Gasteiger charge is 2.23. The van der Waals surface area contributed by atoms with Gasteiger partial charge in [-0.25, -0.2) is 0 Å². The molecular formula is C37H61N3O. The monoisotopic (exact) mass is 563 g/mol. The number of allylic oxidation sites excluding steroid dienone is 10. The third-order valence-corrected chi connectivity index (χ3v) is 6.35. The van der Waals surface area contributed by atoms with E-state index in [-0.39, 0.29) is 0 Å². The van der Waals surface area contributed by atoms with Crippen LogP contribution in [0.1, 0.15) is 106 Å². The van der Waals surface area contributed by atoms with Crippen LogP contribution in [-0.4, -0.2) is 37.0 Å². The Morgan fingerprint density at radius 1 is 1.07 bits per heavy atom. The standard InChI is InChI=1S/C23H34N2O.C9H14.C3H7N.C2H6/c1-7-9-23-18(5)15-21(26-23)16-25-12-10-20(11-13-25)22(14-17(3)4)24-19(6)8-2;1-4-7-8-9(5-2)6-3;1-3-4-2;1-2/h7-9,14-15,20H,10-13,16H2,1-6H3;4-5,7-8H,1,6H2,2-3H3;3H,1-2H3;1-2H3/b9-7-,19-8-,24-22?;8-7-,9-5-;;. The first-order chi connectivity index (χ1) is 19.7. The van der Waals surface area contributed by atoms with Crippen molar-refractivity contribution >= 4 is 18.0 Å². The van der Waals surface area contributed by atoms with Gasteiger partial charge in [0.15, 0.2) is 0 Å². The van der Waals surface area contributed by atoms with Crippen molar-refractivity contribution in [3.63, 3.8) is 0 Å². The van der Waals surface area contributed by atoms with Crippen LogP contribution in [-0.2, 0) is 6.54 Å². The highest BCUT2D eigenvalue weighted by molar-refractivity contribution is 5.98. The lowest BCUT2D eigenvalue weighted by Crippen LogP contribution is -2.35. The number of nitrogens with zero attached hydrogens (tertiary/aromatic N) is 3. The molecule has 0 aromatic carbocycles. The molecule has 2 heterocycles. The molecule has 4 heteroatoms. The summed E-state index contributed by atoms with van der Waals surface area (Å²) >= 11 is 0. The smallest absolute Gasteiger partial charge is 0.129 e. The minimum atomic E-state index is 0.549. The van der Waals surface area contributed by atoms with E-state index in [1.165, 1.54) is 22.4 Å². The SMILES string of the molecule is C/C=C\c1oc(CN2CCC(C(C=C(C)C)=N/C(C)=C\C)CC2)cc1C.C=C/C=C\C(=C/C)CC.CC.CC=NC. The van der Waals surface area contributed by atoms with Crippen molar-refractivity contribution in [2.75, 3.05) is 20.1 Å². The third-order valence-electron chi connectivity index (χ3n) is 6.35. The minimum absolute atomic E-state index is 0.549. The van der Waals surface area contributed by atoms with Crippen molar-refractivity contribution in [1.29, 1.82) is 0 Å². The number of aryl methyl sites for hydroxylation is 1. The fourth-order valence-corrected chi connectivity index (χ4v) is 3.98. The number of hydrogen-bond acceptors (Lipinski definition) is 4. The average molecular weight is 564 g/mol. The average Bonchev–Trinajstić information content (AvgIpc) is 3.33. The van der Waals surface area contributed by atoms with Gasteiger partial charge in [-0.15, -0.1) is 0 Å². The van der Waals surface area contributed by atoms with Gasteiger partial charge < -0.3 is 9.41 Å². The van der Waals surface area contributed by atoms with Crippen molar-refractivity contribution < 1.29 is 4.42 Å². The first-order valence-electron chi connectivity index (χ1n) is 15.3. The van der Waals surface area contributed by atoms with Crippen LogP contribution in [0.4, 0.5) is 0 Å². The van der Waals surface area contributed by atoms with Gasteiger partial charge in [0.05, 0.1) is 6.54 Å². The second-order valence-electron chi connectivity index (χ2n) is 9.83. The van der Waals surface area contributed by atoms with Crippen molar-refractivity contribution in [2.45, 2.75) is 102 Å². The summed E-state index contributed by atoms with van der Waals surface area (Å²) < 4.78 is 5.98. The van der Waals surface area contributed by atoms with Crippen LogP contribution >= 0.6 is 0 Å². The van der Waals surface area contributed by atoms with Crippen molar-refractivity contribution in [1.82, 2.24) is 4.90 Å². The summed E-state index contributed by atoms with van der Waals surface area (Å²) in [6.45, 7) is 29.3. The largest absolute Gasteiger partial charge is 0.460 e. The molecule has 0 unspecified atom stereocenters. The van der Waals surface area contributed by atoms with Gasteiger partial charge in [-0.1, -0.05) is 75.0 Å². The predicted octanol–water partition coefficient (Wildman–Crippen LogP) is 11.0. The first-order valence-corrected chi connectivity index (χ1v) is 15.3. The summed E-state index contributed by atoms with van der Waals surface area (Å²) in [6, 6.07) is 2.17. The van der Waals surface area contributed by atoms with Crippen LogP contribution in [0, 0.1) is 12.8 Å². The van der Waals surface area contributed by atoms with Crippen molar-refractivity contribution in [2.24, 2.45) is 15.9 Å². The van der Waals surface area contributed by atoms with Crippen LogP contribution in [0.2, 0.25) is 0 Å². The molecular weight excluding hydrogens is 502 g/mol. The van der Waals surface area contributed by atoms with Crippen LogP contribution in [0.3, 0.4) is 0 Å². The Labute approximate surface area is 254 Å². The summed E-state index contributed by atoms with van der Waals surface area (Å²) in [5, 5.41) is 0. The maximum Gasteiger partial charge on any atom is 0.129 e. The van der Waals surface area contributed by atoms with Crippen molar-refractivity contribution in [3.05, 3.63) is 89.1 Å². The summed E-state index contributed by atoms with van der Waals surface area (Å²) in [7, 11) is 1.75. The highest BCUT2D eigenvalue weighted by atomic mass is 16.3. The fourth-order valence-electron chi connectivity index (χ4n) is 3.98. The first kappa shape index (κ1) is 40.2. The molecule has 1 aromatic heterocycles. The fraction of sp³-hybridized carbons (Fsp3) is 0.514. The summed E-state index contributed by atoms with van der Waals surface area (Å²) in [6.07, 6.45) is 21.5. The Hall–Kier alpha value is -2.98. The van der Waals surface area contributed by atoms with E-state index in [4.69, 9.17) is 9.41 Å². The zero-order valence-corrected chi connectivity index (χ0v) is 28.6. The molecule has 0 aliphatic carbocycles. The third kappa shape index (κ3) is 18.9. The van der Waals surface area contributed by atoms with E-state index in [9.17, 15) is 0 Å². The zero-order valence-electron chi connectivity index (χ0n) is 28.6. The number of hydrogen-bond donors (Lipinski definition) is 0. The summed E-state index contributed by atoms with van der Waals surface area (Å²) in [5.74, 6) is 2.60. The molecule has 1 aliphatic rings. The molecule has 1 fully saturated rings. The Balaban J connectivity index is 0. The van der Waals surface area contributed by atoms with E-state index in [0.29, 0.717) is 5.92 Å². The number of likely N-dealkylation sites (tertiary alicyclic amines) is 1. The van der Waals surface area contributed by atoms with E-state index in [2.05, 4.69) is 88.4 Å². The van der Waals surface area contributed by atoms with E-state index in [1.54, 1.807) is 19.3 Å². The summed E-state index contributed by atoms with van der Waals surface area (Å²) in [5.41, 5.74) is 6.23. The van der Waals surface area contributed by atoms with Gasteiger partial charge in [-0.05, 0) is 118 Å². The maximum atomic E-state index is 5.98. The van der Waals surface area contributed by atoms with Crippen LogP contribution < -0.4 is 0 Å². The van der Waals surface area contributed by atoms with Gasteiger partial charge in [0.1, 0.15) is 11.5 Å². The van der Waals surface area contributed by atoms with Crippen molar-refractivity contribution in [3.8, 4) is 0 Å². The number of piperidine rings is 1. The molecule has 0 radical (unpaired) electrons. The lowest BCUT2D eigenvalue weighted by molar-refractivity contribution is 0.188. The second kappa shape index (κ2) is 26.0. The van der Waals surface area contributed by atoms with Gasteiger partial charge in [0.2, 0.25) is 0 Å². The van der Waals surface area contributed by atoms with Crippen LogP contribution in [0.25, 0.3) is 6.08 Å². The lowest BCUT2D eigenvalue weighted by atomic mass is 9.90. The zero-order chi connectivity index (χ0) is 31.6. The molecule has 0 bridgehead atoms. The molecule has 4 nitrogen and oxygen atoms in total. The molecule has 230 valence electrons. The van der Waals surface area contributed by atoms with Crippen LogP contribution in [0.5, 0.6) is 0 Å². The molecule has 0 amide bonds. The van der Waals surface area contributed by atoms with E-state index in [0.717, 1.165) is 56.1 Å². The predicted molar refractivity (Wildman–Crippen MR) is 187 cm³/mol. The number of rotatable bonds is 9. The normalized spacial score (nSPS) is 15.2. The molecule has 0 N–H and O–H groups in total. The molecule has 1 saturated heterocycles. The van der Waals surface area contributed by atoms with Gasteiger partial charge in [0, 0.05) is 24.4 Å². The van der Waals surface area contributed by atoms with E-state index in [1.807, 2.05) is 52.8 Å². The molecule has 1 aromatic rings. The second-order valence-corrected chi connectivity index (χ2v) is 9.83. The maximum absolute atomic E-state index is 5.98. The number of furan rings is 1. The molecule has 41 heavy (non-hydrogen) atoms. The van der Waals surface area contributed by atoms with E-state index < -0.39 is 0 Å². The lowest BCUT2D eigenvalue weighted by Gasteiger charge is -2.31. The Morgan fingerprint density at radius 3 is 2.12 bits per heavy atom. The molecule has 0 atom stereocenters. The summed E-state index contributed by atoms with van der Waals surface area (Å²) in [4.78, 5) is 11.0. The topological polar surface area (TPSA) is 41.1 Å². The Bertz CT molecular complexity index is 1030. The van der Waals surface area contributed by atoms with Crippen LogP contribution in [0.15, 0.2) is 86.4 Å².